The Morgan fingerprint density at radius 2 is 1.71 bits per heavy atom. The van der Waals surface area contributed by atoms with E-state index in [-0.39, 0.29) is 21.9 Å². The number of carbonyl (C=O) groups excluding carboxylic acids is 2. The van der Waals surface area contributed by atoms with Gasteiger partial charge in [-0.2, -0.15) is 0 Å². The van der Waals surface area contributed by atoms with Crippen LogP contribution in [0.2, 0.25) is 5.02 Å². The lowest BCUT2D eigenvalue weighted by Gasteiger charge is -2.32. The van der Waals surface area contributed by atoms with Gasteiger partial charge in [0.15, 0.2) is 0 Å². The zero-order valence-corrected chi connectivity index (χ0v) is 18.0. The number of amides is 2. The molecule has 0 spiro atoms. The third kappa shape index (κ3) is 3.28. The summed E-state index contributed by atoms with van der Waals surface area (Å²) in [7, 11) is 2.07. The van der Waals surface area contributed by atoms with Crippen LogP contribution < -0.4 is 10.2 Å². The number of anilines is 1. The van der Waals surface area contributed by atoms with E-state index in [2.05, 4.69) is 37.1 Å². The first-order valence-corrected chi connectivity index (χ1v) is 10.5. The molecule has 0 unspecified atom stereocenters. The molecule has 3 aromatic rings. The van der Waals surface area contributed by atoms with Crippen molar-refractivity contribution in [3.05, 3.63) is 52.4 Å². The van der Waals surface area contributed by atoms with Crippen LogP contribution in [-0.2, 0) is 9.59 Å². The molecule has 2 aliphatic rings. The van der Waals surface area contributed by atoms with Crippen molar-refractivity contribution in [1.82, 2.24) is 25.2 Å². The van der Waals surface area contributed by atoms with Crippen molar-refractivity contribution in [3.8, 4) is 0 Å². The Morgan fingerprint density at radius 3 is 2.48 bits per heavy atom. The van der Waals surface area contributed by atoms with Gasteiger partial charge in [0.25, 0.3) is 11.8 Å². The van der Waals surface area contributed by atoms with Gasteiger partial charge in [-0.1, -0.05) is 29.8 Å². The molecule has 0 saturated carbocycles. The Balaban J connectivity index is 1.70. The van der Waals surface area contributed by atoms with E-state index in [1.165, 1.54) is 0 Å². The molecule has 2 amide bonds. The van der Waals surface area contributed by atoms with Crippen LogP contribution in [-0.4, -0.2) is 64.9 Å². The zero-order chi connectivity index (χ0) is 21.7. The summed E-state index contributed by atoms with van der Waals surface area (Å²) in [5.74, 6) is -0.448. The molecule has 0 radical (unpaired) electrons. The van der Waals surface area contributed by atoms with Crippen LogP contribution in [0.4, 0.5) is 5.95 Å². The van der Waals surface area contributed by atoms with E-state index in [1.54, 1.807) is 13.1 Å². The number of aromatic nitrogens is 3. The molecule has 0 aliphatic carbocycles. The molecule has 1 fully saturated rings. The van der Waals surface area contributed by atoms with E-state index in [9.17, 15) is 9.59 Å². The number of aromatic amines is 1. The third-order valence-corrected chi connectivity index (χ3v) is 6.27. The Labute approximate surface area is 183 Å². The zero-order valence-electron chi connectivity index (χ0n) is 17.2. The topological polar surface area (TPSA) is 94.2 Å². The van der Waals surface area contributed by atoms with E-state index < -0.39 is 11.8 Å². The van der Waals surface area contributed by atoms with E-state index in [4.69, 9.17) is 11.6 Å². The van der Waals surface area contributed by atoms with Crippen LogP contribution in [0.1, 0.15) is 17.0 Å². The largest absolute Gasteiger partial charge is 0.361 e. The summed E-state index contributed by atoms with van der Waals surface area (Å²) < 4.78 is 0. The molecule has 158 valence electrons. The molecular formula is C22H21ClN6O2. The number of benzene rings is 1. The molecule has 0 atom stereocenters. The van der Waals surface area contributed by atoms with Gasteiger partial charge in [0.2, 0.25) is 5.95 Å². The lowest BCUT2D eigenvalue weighted by Crippen LogP contribution is -2.45. The number of hydrogen-bond donors (Lipinski definition) is 2. The molecule has 8 nitrogen and oxygen atoms in total. The minimum Gasteiger partial charge on any atom is -0.361 e. The summed E-state index contributed by atoms with van der Waals surface area (Å²) in [5.41, 5.74) is 2.82. The minimum atomic E-state index is -0.505. The maximum absolute atomic E-state index is 12.9. The molecular weight excluding hydrogens is 416 g/mol. The van der Waals surface area contributed by atoms with E-state index in [0.717, 1.165) is 37.1 Å². The number of nitrogens with one attached hydrogen (secondary N) is 2. The quantitative estimate of drug-likeness (QED) is 0.611. The number of carbonyl (C=O) groups is 2. The Morgan fingerprint density at radius 1 is 1.00 bits per heavy atom. The lowest BCUT2D eigenvalue weighted by molar-refractivity contribution is -0.122. The maximum atomic E-state index is 12.9. The van der Waals surface area contributed by atoms with Gasteiger partial charge < -0.3 is 14.8 Å². The van der Waals surface area contributed by atoms with Gasteiger partial charge in [-0.05, 0) is 20.0 Å². The highest BCUT2D eigenvalue weighted by Gasteiger charge is 2.36. The van der Waals surface area contributed by atoms with Crippen LogP contribution in [0.25, 0.3) is 22.0 Å². The molecule has 2 aliphatic heterocycles. The molecule has 0 bridgehead atoms. The predicted molar refractivity (Wildman–Crippen MR) is 120 cm³/mol. The van der Waals surface area contributed by atoms with Crippen molar-refractivity contribution < 1.29 is 9.59 Å². The van der Waals surface area contributed by atoms with Crippen molar-refractivity contribution >= 4 is 51.4 Å². The first kappa shape index (κ1) is 19.7. The highest BCUT2D eigenvalue weighted by atomic mass is 35.5. The van der Waals surface area contributed by atoms with E-state index in [1.807, 2.05) is 24.3 Å². The number of likely N-dealkylation sites (N-methyl/N-ethyl adjacent to an activating group) is 1. The van der Waals surface area contributed by atoms with Crippen molar-refractivity contribution in [2.24, 2.45) is 0 Å². The number of imide groups is 1. The molecule has 2 aromatic heterocycles. The van der Waals surface area contributed by atoms with Gasteiger partial charge in [0.1, 0.15) is 5.69 Å². The van der Waals surface area contributed by atoms with Gasteiger partial charge in [-0.15, -0.1) is 0 Å². The minimum absolute atomic E-state index is 0.181. The smallest absolute Gasteiger partial charge is 0.261 e. The molecule has 31 heavy (non-hydrogen) atoms. The maximum Gasteiger partial charge on any atom is 0.261 e. The average Bonchev–Trinajstić information content (AvgIpc) is 3.30. The molecule has 1 saturated heterocycles. The molecule has 5 rings (SSSR count). The predicted octanol–water partition coefficient (Wildman–Crippen LogP) is 2.24. The van der Waals surface area contributed by atoms with Gasteiger partial charge >= 0.3 is 0 Å². The first-order chi connectivity index (χ1) is 14.9. The summed E-state index contributed by atoms with van der Waals surface area (Å²) >= 11 is 6.58. The van der Waals surface area contributed by atoms with Crippen molar-refractivity contribution in [3.63, 3.8) is 0 Å². The van der Waals surface area contributed by atoms with Gasteiger partial charge in [-0.3, -0.25) is 14.9 Å². The number of piperazine rings is 1. The van der Waals surface area contributed by atoms with Crippen LogP contribution in [0.5, 0.6) is 0 Å². The van der Waals surface area contributed by atoms with Gasteiger partial charge in [-0.25, -0.2) is 9.97 Å². The number of H-pyrrole nitrogens is 1. The van der Waals surface area contributed by atoms with E-state index in [0.29, 0.717) is 17.2 Å². The van der Waals surface area contributed by atoms with Crippen LogP contribution in [0.3, 0.4) is 0 Å². The average molecular weight is 437 g/mol. The van der Waals surface area contributed by atoms with Crippen molar-refractivity contribution in [2.45, 2.75) is 6.92 Å². The van der Waals surface area contributed by atoms with Gasteiger partial charge in [0.05, 0.1) is 21.9 Å². The number of halogens is 1. The Hall–Kier alpha value is -3.23. The number of rotatable bonds is 3. The highest BCUT2D eigenvalue weighted by Crippen LogP contribution is 2.37. The molecule has 2 N–H and O–H groups in total. The summed E-state index contributed by atoms with van der Waals surface area (Å²) in [6, 6.07) is 7.62. The second-order valence-corrected chi connectivity index (χ2v) is 8.22. The fourth-order valence-electron chi connectivity index (χ4n) is 4.07. The second-order valence-electron chi connectivity index (χ2n) is 7.84. The van der Waals surface area contributed by atoms with Crippen LogP contribution in [0, 0.1) is 6.92 Å². The number of hydrogen-bond acceptors (Lipinski definition) is 6. The Bertz CT molecular complexity index is 1260. The summed E-state index contributed by atoms with van der Waals surface area (Å²) in [5, 5.41) is 3.54. The molecule has 4 heterocycles. The van der Waals surface area contributed by atoms with Crippen LogP contribution >= 0.6 is 11.6 Å². The molecule has 1 aromatic carbocycles. The normalized spacial score (nSPS) is 17.7. The van der Waals surface area contributed by atoms with Crippen LogP contribution in [0.15, 0.2) is 30.5 Å². The number of nitrogens with zero attached hydrogens (tertiary/aromatic N) is 4. The van der Waals surface area contributed by atoms with Crippen molar-refractivity contribution in [2.75, 3.05) is 38.1 Å². The van der Waals surface area contributed by atoms with Gasteiger partial charge in [0, 0.05) is 48.8 Å². The first-order valence-electron chi connectivity index (χ1n) is 10.1. The van der Waals surface area contributed by atoms with E-state index >= 15 is 0 Å². The highest BCUT2D eigenvalue weighted by molar-refractivity contribution is 6.51. The third-order valence-electron chi connectivity index (χ3n) is 5.82. The monoisotopic (exact) mass is 436 g/mol. The number of para-hydroxylation sites is 1. The Kier molecular flexibility index (Phi) is 4.75. The fraction of sp³-hybridized carbons (Fsp3) is 0.273. The summed E-state index contributed by atoms with van der Waals surface area (Å²) in [6.45, 7) is 5.12. The number of aryl methyl sites for hydroxylation is 1. The standard InChI is InChI=1S/C22H21ClN6O2/c1-12-18(23)19(26-22(25-12)29-9-7-28(2)8-10-29)17-16(20(30)27-21(17)31)14-11-24-15-6-4-3-5-13(14)15/h3-6,11,24H,7-10H2,1-2H3,(H,27,30,31). The second kappa shape index (κ2) is 7.47. The lowest BCUT2D eigenvalue weighted by atomic mass is 9.98. The SMILES string of the molecule is Cc1nc(N2CCN(C)CC2)nc(C2=C(c3c[nH]c4ccccc34)C(=O)NC2=O)c1Cl. The number of fused-ring (bicyclic) bond motifs is 1. The summed E-state index contributed by atoms with van der Waals surface area (Å²) in [6.07, 6.45) is 1.74. The summed E-state index contributed by atoms with van der Waals surface area (Å²) in [4.78, 5) is 42.4. The van der Waals surface area contributed by atoms with Crippen molar-refractivity contribution in [1.29, 1.82) is 0 Å². The molecule has 9 heteroatoms. The fourth-order valence-corrected chi connectivity index (χ4v) is 4.25.